The minimum atomic E-state index is -1.37. The van der Waals surface area contributed by atoms with E-state index in [4.69, 9.17) is 0 Å². The van der Waals surface area contributed by atoms with Crippen molar-refractivity contribution in [3.8, 4) is 0 Å². The van der Waals surface area contributed by atoms with Crippen LogP contribution in [-0.2, 0) is 22.4 Å². The van der Waals surface area contributed by atoms with Crippen molar-refractivity contribution in [1.29, 1.82) is 0 Å². The van der Waals surface area contributed by atoms with Crippen molar-refractivity contribution in [3.05, 3.63) is 35.4 Å². The second kappa shape index (κ2) is 6.32. The molecule has 0 aliphatic rings. The molecule has 0 saturated carbocycles. The number of aliphatic carboxylic acids is 2. The van der Waals surface area contributed by atoms with Gasteiger partial charge in [0, 0.05) is 22.6 Å². The van der Waals surface area contributed by atoms with Gasteiger partial charge in [-0.2, -0.15) is 0 Å². The number of benzene rings is 1. The van der Waals surface area contributed by atoms with Crippen molar-refractivity contribution in [2.24, 2.45) is 0 Å². The zero-order chi connectivity index (χ0) is 13.7. The van der Waals surface area contributed by atoms with Gasteiger partial charge in [-0.25, -0.2) is 0 Å². The maximum atomic E-state index is 10.5. The molecule has 0 saturated heterocycles. The zero-order valence-electron chi connectivity index (χ0n) is 9.17. The minimum Gasteiger partial charge on any atom is -0.544 e. The molecule has 0 spiro atoms. The Balaban J connectivity index is 2.80. The van der Waals surface area contributed by atoms with E-state index in [0.717, 1.165) is 0 Å². The van der Waals surface area contributed by atoms with E-state index in [0.29, 0.717) is 11.1 Å². The highest BCUT2D eigenvalue weighted by molar-refractivity contribution is 7.82. The standard InChI is InChI=1S/C12H10O4S2/c13-11(14)9(17)5-7-2-1-3-8(4-7)6-10(18)12(15)16/h1-4H,5-6H2,(H,13,14)(H,15,16)/p-2. The topological polar surface area (TPSA) is 80.3 Å². The Bertz CT molecular complexity index is 479. The molecule has 1 rings (SSSR count). The van der Waals surface area contributed by atoms with Crippen LogP contribution >= 0.6 is 24.4 Å². The van der Waals surface area contributed by atoms with E-state index in [1.54, 1.807) is 24.3 Å². The van der Waals surface area contributed by atoms with Gasteiger partial charge >= 0.3 is 0 Å². The molecule has 0 fully saturated rings. The third-order valence-corrected chi connectivity index (χ3v) is 2.80. The lowest BCUT2D eigenvalue weighted by atomic mass is 10.0. The smallest absolute Gasteiger partial charge is 0.0785 e. The summed E-state index contributed by atoms with van der Waals surface area (Å²) in [5.41, 5.74) is 1.34. The molecule has 0 bridgehead atoms. The summed E-state index contributed by atoms with van der Waals surface area (Å²) >= 11 is 9.28. The molecule has 0 aromatic heterocycles. The fourth-order valence-corrected chi connectivity index (χ4v) is 1.70. The van der Waals surface area contributed by atoms with Gasteiger partial charge in [-0.05, 0) is 11.1 Å². The van der Waals surface area contributed by atoms with Crippen LogP contribution in [0.15, 0.2) is 24.3 Å². The summed E-state index contributed by atoms with van der Waals surface area (Å²) in [6, 6.07) is 6.73. The van der Waals surface area contributed by atoms with Crippen molar-refractivity contribution < 1.29 is 19.8 Å². The highest BCUT2D eigenvalue weighted by Gasteiger charge is 2.04. The van der Waals surface area contributed by atoms with Crippen LogP contribution in [0.3, 0.4) is 0 Å². The molecule has 94 valence electrons. The van der Waals surface area contributed by atoms with Gasteiger partial charge in [0.15, 0.2) is 0 Å². The third-order valence-electron chi connectivity index (χ3n) is 2.18. The molecule has 0 unspecified atom stereocenters. The Kier molecular flexibility index (Phi) is 5.06. The number of rotatable bonds is 6. The molecule has 18 heavy (non-hydrogen) atoms. The molecule has 0 aliphatic carbocycles. The number of thiocarbonyl (C=S) groups is 2. The van der Waals surface area contributed by atoms with E-state index in [2.05, 4.69) is 24.4 Å². The SMILES string of the molecule is O=C([O-])C(=S)Cc1cccc(CC(=S)C(=O)[O-])c1. The Labute approximate surface area is 114 Å². The van der Waals surface area contributed by atoms with Crippen molar-refractivity contribution in [2.75, 3.05) is 0 Å². The first-order valence-corrected chi connectivity index (χ1v) is 5.78. The average Bonchev–Trinajstić information content (AvgIpc) is 2.29. The van der Waals surface area contributed by atoms with Crippen LogP contribution in [0.5, 0.6) is 0 Å². The van der Waals surface area contributed by atoms with Crippen molar-refractivity contribution in [1.82, 2.24) is 0 Å². The first kappa shape index (κ1) is 14.4. The number of hydrogen-bond donors (Lipinski definition) is 0. The minimum absolute atomic E-state index is 0.0730. The highest BCUT2D eigenvalue weighted by Crippen LogP contribution is 2.08. The summed E-state index contributed by atoms with van der Waals surface area (Å²) < 4.78 is 0. The Morgan fingerprint density at radius 1 is 0.944 bits per heavy atom. The summed E-state index contributed by atoms with van der Waals surface area (Å²) in [5.74, 6) is -2.75. The van der Waals surface area contributed by atoms with Crippen LogP contribution in [-0.4, -0.2) is 21.7 Å². The van der Waals surface area contributed by atoms with Crippen LogP contribution in [0.1, 0.15) is 11.1 Å². The average molecular weight is 280 g/mol. The summed E-state index contributed by atoms with van der Waals surface area (Å²) in [6.45, 7) is 0. The van der Waals surface area contributed by atoms with Crippen LogP contribution in [0.4, 0.5) is 0 Å². The molecule has 1 aromatic rings. The highest BCUT2D eigenvalue weighted by atomic mass is 32.1. The molecule has 6 heteroatoms. The molecule has 0 radical (unpaired) electrons. The molecule has 0 heterocycles. The summed E-state index contributed by atoms with van der Waals surface area (Å²) in [7, 11) is 0. The Morgan fingerprint density at radius 2 is 1.33 bits per heavy atom. The van der Waals surface area contributed by atoms with Crippen LogP contribution in [0, 0.1) is 0 Å². The first-order valence-electron chi connectivity index (χ1n) is 4.96. The number of carboxylic acid groups (broad SMARTS) is 2. The van der Waals surface area contributed by atoms with E-state index < -0.39 is 11.9 Å². The fraction of sp³-hybridized carbons (Fsp3) is 0.167. The van der Waals surface area contributed by atoms with Gasteiger partial charge in [0.25, 0.3) is 0 Å². The molecule has 4 nitrogen and oxygen atoms in total. The molecule has 0 atom stereocenters. The van der Waals surface area contributed by atoms with Gasteiger partial charge in [-0.1, -0.05) is 48.7 Å². The second-order valence-corrected chi connectivity index (χ2v) is 4.58. The zero-order valence-corrected chi connectivity index (χ0v) is 10.8. The van der Waals surface area contributed by atoms with Crippen molar-refractivity contribution >= 4 is 46.1 Å². The van der Waals surface area contributed by atoms with Crippen molar-refractivity contribution in [2.45, 2.75) is 12.8 Å². The number of carbonyl (C=O) groups is 2. The predicted octanol–water partition coefficient (Wildman–Crippen LogP) is -0.989. The molecule has 0 aliphatic heterocycles. The summed E-state index contributed by atoms with van der Waals surface area (Å²) in [4.78, 5) is 20.6. The fourth-order valence-electron chi connectivity index (χ4n) is 1.36. The molecule has 1 aromatic carbocycles. The van der Waals surface area contributed by atoms with E-state index in [1.807, 2.05) is 0 Å². The quantitative estimate of drug-likeness (QED) is 0.623. The maximum Gasteiger partial charge on any atom is 0.0785 e. The molecular formula is C12H8O4S2-2. The van der Waals surface area contributed by atoms with Gasteiger partial charge in [-0.3, -0.25) is 0 Å². The lowest BCUT2D eigenvalue weighted by Crippen LogP contribution is -2.32. The van der Waals surface area contributed by atoms with E-state index in [9.17, 15) is 19.8 Å². The van der Waals surface area contributed by atoms with Crippen LogP contribution in [0.2, 0.25) is 0 Å². The third kappa shape index (κ3) is 4.31. The first-order chi connectivity index (χ1) is 8.40. The monoisotopic (exact) mass is 280 g/mol. The van der Waals surface area contributed by atoms with E-state index >= 15 is 0 Å². The maximum absolute atomic E-state index is 10.5. The number of hydrogen-bond acceptors (Lipinski definition) is 6. The predicted molar refractivity (Wildman–Crippen MR) is 69.1 cm³/mol. The van der Waals surface area contributed by atoms with Gasteiger partial charge in [0.2, 0.25) is 0 Å². The van der Waals surface area contributed by atoms with Crippen molar-refractivity contribution in [3.63, 3.8) is 0 Å². The van der Waals surface area contributed by atoms with Gasteiger partial charge in [0.1, 0.15) is 0 Å². The largest absolute Gasteiger partial charge is 0.544 e. The van der Waals surface area contributed by atoms with Gasteiger partial charge in [-0.15, -0.1) is 0 Å². The van der Waals surface area contributed by atoms with Crippen LogP contribution < -0.4 is 10.2 Å². The second-order valence-electron chi connectivity index (χ2n) is 3.59. The summed E-state index contributed by atoms with van der Waals surface area (Å²) in [5, 5.41) is 21.0. The lowest BCUT2D eigenvalue weighted by Gasteiger charge is -2.08. The van der Waals surface area contributed by atoms with Gasteiger partial charge < -0.3 is 19.8 Å². The molecule has 0 amide bonds. The number of carboxylic acids is 2. The Morgan fingerprint density at radius 3 is 1.67 bits per heavy atom. The molecular weight excluding hydrogens is 272 g/mol. The van der Waals surface area contributed by atoms with E-state index in [1.165, 1.54) is 0 Å². The van der Waals surface area contributed by atoms with Crippen LogP contribution in [0.25, 0.3) is 0 Å². The Hall–Kier alpha value is -1.66. The normalized spacial score (nSPS) is 9.78. The van der Waals surface area contributed by atoms with E-state index in [-0.39, 0.29) is 22.6 Å². The molecule has 0 N–H and O–H groups in total. The lowest BCUT2D eigenvalue weighted by molar-refractivity contribution is -0.295. The number of carbonyl (C=O) groups excluding carboxylic acids is 2. The van der Waals surface area contributed by atoms with Gasteiger partial charge in [0.05, 0.1) is 11.9 Å². The summed E-state index contributed by atoms with van der Waals surface area (Å²) in [6.07, 6.45) is 0.146.